The zero-order chi connectivity index (χ0) is 13.7. The van der Waals surface area contributed by atoms with Gasteiger partial charge in [0.2, 0.25) is 5.78 Å². The molecule has 1 aromatic rings. The summed E-state index contributed by atoms with van der Waals surface area (Å²) in [4.78, 5) is 34.1. The van der Waals surface area contributed by atoms with Crippen LogP contribution < -0.4 is 0 Å². The quantitative estimate of drug-likeness (QED) is 0.388. The number of hydrogen-bond acceptors (Lipinski definition) is 5. The summed E-state index contributed by atoms with van der Waals surface area (Å²) in [6.07, 6.45) is -0.622. The van der Waals surface area contributed by atoms with E-state index in [9.17, 15) is 19.5 Å². The van der Waals surface area contributed by atoms with Gasteiger partial charge in [-0.25, -0.2) is 4.79 Å². The van der Waals surface area contributed by atoms with E-state index in [1.807, 2.05) is 0 Å². The molecule has 0 amide bonds. The molecule has 5 nitrogen and oxygen atoms in total. The number of carbonyl (C=O) groups excluding carboxylic acids is 3. The second-order valence-corrected chi connectivity index (χ2v) is 4.32. The van der Waals surface area contributed by atoms with Crippen LogP contribution in [0.3, 0.4) is 0 Å². The van der Waals surface area contributed by atoms with Crippen LogP contribution in [0.4, 0.5) is 0 Å². The highest BCUT2D eigenvalue weighted by atomic mass is 79.9. The van der Waals surface area contributed by atoms with Gasteiger partial charge in [0.1, 0.15) is 5.75 Å². The van der Waals surface area contributed by atoms with Crippen LogP contribution in [0.2, 0.25) is 0 Å². The van der Waals surface area contributed by atoms with Gasteiger partial charge in [0.25, 0.3) is 0 Å². The normalized spacial score (nSPS) is 9.89. The highest BCUT2D eigenvalue weighted by Gasteiger charge is 2.21. The molecule has 0 aliphatic rings. The van der Waals surface area contributed by atoms with Crippen molar-refractivity contribution < 1.29 is 24.2 Å². The van der Waals surface area contributed by atoms with Crippen molar-refractivity contribution >= 4 is 33.5 Å². The summed E-state index contributed by atoms with van der Waals surface area (Å²) in [7, 11) is 0. The van der Waals surface area contributed by atoms with Gasteiger partial charge in [0, 0.05) is 4.47 Å². The molecule has 0 saturated heterocycles. The molecule has 0 saturated carbocycles. The number of hydrogen-bond donors (Lipinski definition) is 1. The Morgan fingerprint density at radius 3 is 2.61 bits per heavy atom. The maximum atomic E-state index is 11.7. The van der Waals surface area contributed by atoms with Crippen molar-refractivity contribution in [3.8, 4) is 5.75 Å². The van der Waals surface area contributed by atoms with E-state index < -0.39 is 24.0 Å². The summed E-state index contributed by atoms with van der Waals surface area (Å²) in [6.45, 7) is 1.63. The summed E-state index contributed by atoms with van der Waals surface area (Å²) < 4.78 is 5.07. The fourth-order valence-electron chi connectivity index (χ4n) is 1.26. The van der Waals surface area contributed by atoms with Crippen LogP contribution in [0, 0.1) is 0 Å². The molecule has 0 radical (unpaired) electrons. The molecule has 96 valence electrons. The highest BCUT2D eigenvalue weighted by molar-refractivity contribution is 9.10. The molecule has 1 N–H and O–H groups in total. The van der Waals surface area contributed by atoms with E-state index in [1.165, 1.54) is 12.1 Å². The maximum absolute atomic E-state index is 11.7. The van der Waals surface area contributed by atoms with E-state index in [0.29, 0.717) is 4.47 Å². The molecule has 1 aromatic carbocycles. The van der Waals surface area contributed by atoms with Gasteiger partial charge in [0.05, 0.1) is 18.6 Å². The summed E-state index contributed by atoms with van der Waals surface area (Å²) in [5.41, 5.74) is -0.0120. The van der Waals surface area contributed by atoms with Crippen LogP contribution in [0.5, 0.6) is 5.75 Å². The fraction of sp³-hybridized carbons (Fsp3) is 0.250. The van der Waals surface area contributed by atoms with Crippen LogP contribution in [0.15, 0.2) is 22.7 Å². The van der Waals surface area contributed by atoms with E-state index in [1.54, 1.807) is 13.0 Å². The predicted molar refractivity (Wildman–Crippen MR) is 66.4 cm³/mol. The number of Topliss-reactive ketones (excluding diaryl/α,β-unsaturated/α-hetero) is 2. The van der Waals surface area contributed by atoms with Gasteiger partial charge < -0.3 is 9.84 Å². The monoisotopic (exact) mass is 314 g/mol. The third kappa shape index (κ3) is 3.66. The Morgan fingerprint density at radius 2 is 2.00 bits per heavy atom. The predicted octanol–water partition coefficient (Wildman–Crippen LogP) is 1.86. The summed E-state index contributed by atoms with van der Waals surface area (Å²) in [6, 6.07) is 4.27. The zero-order valence-corrected chi connectivity index (χ0v) is 11.2. The molecule has 0 unspecified atom stereocenters. The van der Waals surface area contributed by atoms with Gasteiger partial charge in [0.15, 0.2) is 5.78 Å². The van der Waals surface area contributed by atoms with Crippen molar-refractivity contribution in [1.82, 2.24) is 0 Å². The van der Waals surface area contributed by atoms with Crippen LogP contribution in [-0.2, 0) is 14.3 Å². The summed E-state index contributed by atoms with van der Waals surface area (Å²) in [5.74, 6) is -2.84. The van der Waals surface area contributed by atoms with Crippen molar-refractivity contribution in [2.24, 2.45) is 0 Å². The lowest BCUT2D eigenvalue weighted by Gasteiger charge is -2.04. The highest BCUT2D eigenvalue weighted by Crippen LogP contribution is 2.23. The van der Waals surface area contributed by atoms with Gasteiger partial charge in [-0.05, 0) is 25.1 Å². The molecule has 18 heavy (non-hydrogen) atoms. The lowest BCUT2D eigenvalue weighted by Crippen LogP contribution is -2.20. The number of phenolic OH excluding ortho intramolecular Hbond substituents is 1. The molecule has 0 aromatic heterocycles. The number of ether oxygens (including phenoxy) is 1. The van der Waals surface area contributed by atoms with E-state index in [4.69, 9.17) is 0 Å². The van der Waals surface area contributed by atoms with Crippen molar-refractivity contribution in [3.63, 3.8) is 0 Å². The lowest BCUT2D eigenvalue weighted by molar-refractivity contribution is -0.153. The summed E-state index contributed by atoms with van der Waals surface area (Å²) in [5, 5.41) is 9.49. The van der Waals surface area contributed by atoms with E-state index in [-0.39, 0.29) is 17.9 Å². The Kier molecular flexibility index (Phi) is 5.03. The number of carbonyl (C=O) groups is 3. The number of rotatable bonds is 5. The van der Waals surface area contributed by atoms with E-state index in [0.717, 1.165) is 0 Å². The molecule has 0 aliphatic carbocycles. The number of benzene rings is 1. The third-order valence-electron chi connectivity index (χ3n) is 2.08. The van der Waals surface area contributed by atoms with Gasteiger partial charge in [-0.3, -0.25) is 9.59 Å². The summed E-state index contributed by atoms with van der Waals surface area (Å²) >= 11 is 3.14. The number of aromatic hydroxyl groups is 1. The maximum Gasteiger partial charge on any atom is 0.375 e. The molecular formula is C12H11BrO5. The third-order valence-corrected chi connectivity index (χ3v) is 2.58. The van der Waals surface area contributed by atoms with Crippen LogP contribution >= 0.6 is 15.9 Å². The smallest absolute Gasteiger partial charge is 0.375 e. The second-order valence-electron chi connectivity index (χ2n) is 3.41. The van der Waals surface area contributed by atoms with Crippen molar-refractivity contribution in [2.75, 3.05) is 6.61 Å². The molecular weight excluding hydrogens is 304 g/mol. The Labute approximate surface area is 112 Å². The first-order valence-corrected chi connectivity index (χ1v) is 5.96. The Bertz CT molecular complexity index is 495. The lowest BCUT2D eigenvalue weighted by atomic mass is 10.1. The number of esters is 1. The molecule has 1 rings (SSSR count). The standard InChI is InChI=1S/C12H11BrO5/c1-2-18-12(17)11(16)6-10(15)8-5-7(13)3-4-9(8)14/h3-5,14H,2,6H2,1H3. The van der Waals surface area contributed by atoms with Gasteiger partial charge in [-0.1, -0.05) is 15.9 Å². The fourth-order valence-corrected chi connectivity index (χ4v) is 1.62. The molecule has 0 atom stereocenters. The van der Waals surface area contributed by atoms with Crippen molar-refractivity contribution in [2.45, 2.75) is 13.3 Å². The first-order chi connectivity index (χ1) is 8.45. The molecule has 0 spiro atoms. The Balaban J connectivity index is 2.80. The second kappa shape index (κ2) is 6.30. The molecule has 0 bridgehead atoms. The number of ketones is 2. The van der Waals surface area contributed by atoms with E-state index in [2.05, 4.69) is 20.7 Å². The number of halogens is 1. The topological polar surface area (TPSA) is 80.7 Å². The molecule has 0 aliphatic heterocycles. The minimum atomic E-state index is -1.04. The van der Waals surface area contributed by atoms with Crippen LogP contribution in [0.25, 0.3) is 0 Å². The SMILES string of the molecule is CCOC(=O)C(=O)CC(=O)c1cc(Br)ccc1O. The minimum absolute atomic E-state index is 0.0120. The largest absolute Gasteiger partial charge is 0.507 e. The number of phenols is 1. The minimum Gasteiger partial charge on any atom is -0.507 e. The average Bonchev–Trinajstić information content (AvgIpc) is 2.32. The van der Waals surface area contributed by atoms with Crippen molar-refractivity contribution in [1.29, 1.82) is 0 Å². The van der Waals surface area contributed by atoms with E-state index >= 15 is 0 Å². The van der Waals surface area contributed by atoms with Gasteiger partial charge in [-0.15, -0.1) is 0 Å². The molecule has 0 fully saturated rings. The first-order valence-electron chi connectivity index (χ1n) is 5.17. The van der Waals surface area contributed by atoms with Crippen molar-refractivity contribution in [3.05, 3.63) is 28.2 Å². The Morgan fingerprint density at radius 1 is 1.33 bits per heavy atom. The van der Waals surface area contributed by atoms with Crippen LogP contribution in [-0.4, -0.2) is 29.2 Å². The zero-order valence-electron chi connectivity index (χ0n) is 9.60. The van der Waals surface area contributed by atoms with Crippen LogP contribution in [0.1, 0.15) is 23.7 Å². The average molecular weight is 315 g/mol. The molecule has 0 heterocycles. The molecule has 6 heteroatoms. The van der Waals surface area contributed by atoms with Gasteiger partial charge >= 0.3 is 5.97 Å². The van der Waals surface area contributed by atoms with Gasteiger partial charge in [-0.2, -0.15) is 0 Å². The Hall–Kier alpha value is -1.69. The first kappa shape index (κ1) is 14.4.